The molecule has 2 amide bonds. The number of nitrogens with zero attached hydrogens (tertiary/aromatic N) is 1. The molecule has 1 N–H and O–H groups in total. The molecule has 3 aromatic rings. The molecule has 0 saturated heterocycles. The molecule has 1 aliphatic rings. The third kappa shape index (κ3) is 6.35. The number of aryl methyl sites for hydroxylation is 1. The highest BCUT2D eigenvalue weighted by Crippen LogP contribution is 2.44. The fraction of sp³-hybridized carbons (Fsp3) is 0.419. The smallest absolute Gasteiger partial charge is 0.261 e. The second kappa shape index (κ2) is 14.7. The van der Waals surface area contributed by atoms with Gasteiger partial charge in [-0.05, 0) is 43.4 Å². The minimum Gasteiger partial charge on any atom is -0.493 e. The Morgan fingerprint density at radius 2 is 1.21 bits per heavy atom. The summed E-state index contributed by atoms with van der Waals surface area (Å²) in [4.78, 5) is 30.2. The van der Waals surface area contributed by atoms with Gasteiger partial charge in [0.25, 0.3) is 11.8 Å². The Morgan fingerprint density at radius 1 is 0.738 bits per heavy atom. The van der Waals surface area contributed by atoms with Gasteiger partial charge < -0.3 is 38.6 Å². The van der Waals surface area contributed by atoms with Gasteiger partial charge in [0.1, 0.15) is 5.00 Å². The summed E-state index contributed by atoms with van der Waals surface area (Å²) in [6.45, 7) is 4.00. The highest BCUT2D eigenvalue weighted by molar-refractivity contribution is 7.17. The number of thiophene rings is 1. The molecular weight excluding hydrogens is 560 g/mol. The quantitative estimate of drug-likeness (QED) is 0.292. The molecule has 0 aliphatic heterocycles. The van der Waals surface area contributed by atoms with Crippen LogP contribution in [0.25, 0.3) is 0 Å². The van der Waals surface area contributed by atoms with Gasteiger partial charge in [0.15, 0.2) is 23.0 Å². The van der Waals surface area contributed by atoms with Gasteiger partial charge in [-0.3, -0.25) is 9.59 Å². The SMILES string of the molecule is CC.COc1cc(C(=O)Nc2sc3c(c2C(=O)N(C)c2cc(OC)c(OC)c(OC)c2)CCCC3)cc(OC)c1OC. The highest BCUT2D eigenvalue weighted by Gasteiger charge is 2.30. The zero-order valence-electron chi connectivity index (χ0n) is 25.8. The van der Waals surface area contributed by atoms with Crippen LogP contribution in [0.1, 0.15) is 57.8 Å². The number of ether oxygens (including phenoxy) is 6. The molecule has 1 aliphatic carbocycles. The van der Waals surface area contributed by atoms with Crippen LogP contribution in [-0.2, 0) is 12.8 Å². The number of hydrogen-bond donors (Lipinski definition) is 1. The summed E-state index contributed by atoms with van der Waals surface area (Å²) in [6, 6.07) is 6.58. The number of carbonyl (C=O) groups excluding carboxylic acids is 2. The van der Waals surface area contributed by atoms with E-state index in [1.54, 1.807) is 31.3 Å². The Morgan fingerprint density at radius 3 is 1.69 bits per heavy atom. The van der Waals surface area contributed by atoms with Crippen LogP contribution in [0.2, 0.25) is 0 Å². The molecule has 228 valence electrons. The number of nitrogens with one attached hydrogen (secondary N) is 1. The second-order valence-corrected chi connectivity index (χ2v) is 10.1. The summed E-state index contributed by atoms with van der Waals surface area (Å²) in [5, 5.41) is 3.48. The summed E-state index contributed by atoms with van der Waals surface area (Å²) in [6.07, 6.45) is 3.62. The van der Waals surface area contributed by atoms with Crippen molar-refractivity contribution in [3.63, 3.8) is 0 Å². The van der Waals surface area contributed by atoms with Crippen LogP contribution < -0.4 is 38.6 Å². The van der Waals surface area contributed by atoms with Gasteiger partial charge in [0, 0.05) is 29.6 Å². The molecule has 2 aromatic carbocycles. The lowest BCUT2D eigenvalue weighted by molar-refractivity contribution is 0.0993. The standard InChI is InChI=1S/C29H34N2O8S.C2H6/c1-31(17-14-21(36-4)26(39-7)22(15-17)37-5)29(33)24-18-10-8-9-11-23(18)40-28(24)30-27(32)16-12-19(34-2)25(38-6)20(13-16)35-3;1-2/h12-15H,8-11H2,1-7H3,(H,30,32);1-2H3. The average Bonchev–Trinajstić information content (AvgIpc) is 3.40. The predicted octanol–water partition coefficient (Wildman–Crippen LogP) is 6.23. The van der Waals surface area contributed by atoms with Gasteiger partial charge in [0.05, 0.1) is 53.9 Å². The highest BCUT2D eigenvalue weighted by atomic mass is 32.1. The molecule has 0 spiro atoms. The van der Waals surface area contributed by atoms with Gasteiger partial charge in [-0.1, -0.05) is 13.8 Å². The number of amides is 2. The Labute approximate surface area is 251 Å². The summed E-state index contributed by atoms with van der Waals surface area (Å²) in [5.41, 5.74) is 2.31. The Bertz CT molecular complexity index is 1370. The first-order valence-corrected chi connectivity index (χ1v) is 14.5. The van der Waals surface area contributed by atoms with Crippen molar-refractivity contribution < 1.29 is 38.0 Å². The van der Waals surface area contributed by atoms with Gasteiger partial charge in [-0.15, -0.1) is 11.3 Å². The van der Waals surface area contributed by atoms with Gasteiger partial charge in [-0.2, -0.15) is 0 Å². The monoisotopic (exact) mass is 600 g/mol. The molecule has 1 aromatic heterocycles. The normalized spacial score (nSPS) is 11.7. The second-order valence-electron chi connectivity index (χ2n) is 9.03. The minimum atomic E-state index is -0.401. The zero-order valence-corrected chi connectivity index (χ0v) is 26.6. The van der Waals surface area contributed by atoms with Crippen molar-refractivity contribution in [3.8, 4) is 34.5 Å². The topological polar surface area (TPSA) is 105 Å². The maximum absolute atomic E-state index is 14.1. The first-order valence-electron chi connectivity index (χ1n) is 13.7. The van der Waals surface area contributed by atoms with E-state index in [0.717, 1.165) is 36.1 Å². The van der Waals surface area contributed by atoms with Gasteiger partial charge in [-0.25, -0.2) is 0 Å². The lowest BCUT2D eigenvalue weighted by Crippen LogP contribution is -2.28. The van der Waals surface area contributed by atoms with Crippen molar-refractivity contribution in [3.05, 3.63) is 45.8 Å². The maximum Gasteiger partial charge on any atom is 0.261 e. The molecular formula is C31H40N2O8S. The minimum absolute atomic E-state index is 0.256. The van der Waals surface area contributed by atoms with E-state index >= 15 is 0 Å². The van der Waals surface area contributed by atoms with Gasteiger partial charge in [0.2, 0.25) is 11.5 Å². The number of hydrogen-bond acceptors (Lipinski definition) is 9. The van der Waals surface area contributed by atoms with Crippen molar-refractivity contribution in [2.75, 3.05) is 59.9 Å². The maximum atomic E-state index is 14.1. The number of anilines is 2. The van der Waals surface area contributed by atoms with Crippen LogP contribution in [0.15, 0.2) is 24.3 Å². The van der Waals surface area contributed by atoms with Gasteiger partial charge >= 0.3 is 0 Å². The number of carbonyl (C=O) groups is 2. The van der Waals surface area contributed by atoms with Crippen LogP contribution in [0, 0.1) is 0 Å². The number of benzene rings is 2. The molecule has 0 saturated carbocycles. The molecule has 4 rings (SSSR count). The fourth-order valence-electron chi connectivity index (χ4n) is 4.81. The number of fused-ring (bicyclic) bond motifs is 1. The summed E-state index contributed by atoms with van der Waals surface area (Å²) in [5.74, 6) is 1.74. The van der Waals surface area contributed by atoms with E-state index in [0.29, 0.717) is 56.3 Å². The third-order valence-electron chi connectivity index (χ3n) is 6.88. The summed E-state index contributed by atoms with van der Waals surface area (Å²) >= 11 is 1.44. The first-order chi connectivity index (χ1) is 20.3. The zero-order chi connectivity index (χ0) is 31.0. The van der Waals surface area contributed by atoms with E-state index < -0.39 is 5.91 Å². The largest absolute Gasteiger partial charge is 0.493 e. The fourth-order valence-corrected chi connectivity index (χ4v) is 6.09. The molecule has 0 unspecified atom stereocenters. The summed E-state index contributed by atoms with van der Waals surface area (Å²) < 4.78 is 32.6. The van der Waals surface area contributed by atoms with E-state index in [1.807, 2.05) is 13.8 Å². The molecule has 0 atom stereocenters. The molecule has 0 fully saturated rings. The Kier molecular flexibility index (Phi) is 11.3. The number of rotatable bonds is 10. The van der Waals surface area contributed by atoms with Crippen molar-refractivity contribution in [2.45, 2.75) is 39.5 Å². The molecule has 1 heterocycles. The van der Waals surface area contributed by atoms with Crippen molar-refractivity contribution in [2.24, 2.45) is 0 Å². The van der Waals surface area contributed by atoms with E-state index in [4.69, 9.17) is 28.4 Å². The Balaban J connectivity index is 0.00000237. The van der Waals surface area contributed by atoms with Crippen molar-refractivity contribution in [1.29, 1.82) is 0 Å². The molecule has 0 radical (unpaired) electrons. The molecule has 11 heteroatoms. The average molecular weight is 601 g/mol. The summed E-state index contributed by atoms with van der Waals surface area (Å²) in [7, 11) is 10.7. The molecule has 42 heavy (non-hydrogen) atoms. The first kappa shape index (κ1) is 32.4. The lowest BCUT2D eigenvalue weighted by atomic mass is 9.95. The number of methoxy groups -OCH3 is 6. The van der Waals surface area contributed by atoms with E-state index in [-0.39, 0.29) is 5.91 Å². The van der Waals surface area contributed by atoms with Crippen LogP contribution in [0.5, 0.6) is 34.5 Å². The van der Waals surface area contributed by atoms with Crippen LogP contribution in [0.3, 0.4) is 0 Å². The Hall–Kier alpha value is -4.12. The third-order valence-corrected chi connectivity index (χ3v) is 8.09. The van der Waals surface area contributed by atoms with E-state index in [1.165, 1.54) is 58.9 Å². The van der Waals surface area contributed by atoms with Crippen LogP contribution >= 0.6 is 11.3 Å². The van der Waals surface area contributed by atoms with Crippen LogP contribution in [0.4, 0.5) is 10.7 Å². The van der Waals surface area contributed by atoms with E-state index in [9.17, 15) is 9.59 Å². The van der Waals surface area contributed by atoms with Crippen LogP contribution in [-0.4, -0.2) is 61.5 Å². The predicted molar refractivity (Wildman–Crippen MR) is 165 cm³/mol. The van der Waals surface area contributed by atoms with Crippen molar-refractivity contribution in [1.82, 2.24) is 0 Å². The van der Waals surface area contributed by atoms with E-state index in [2.05, 4.69) is 5.32 Å². The lowest BCUT2D eigenvalue weighted by Gasteiger charge is -2.22. The van der Waals surface area contributed by atoms with Crippen molar-refractivity contribution >= 4 is 33.8 Å². The molecule has 10 nitrogen and oxygen atoms in total. The molecule has 0 bridgehead atoms.